The first kappa shape index (κ1) is 266. The van der Waals surface area contributed by atoms with Crippen molar-refractivity contribution in [3.05, 3.63) is 0 Å². The van der Waals surface area contributed by atoms with E-state index in [9.17, 15) is 0 Å². The number of hydrogen-bond acceptors (Lipinski definition) is 64. The first-order valence-electron chi connectivity index (χ1n) is 29.1. The Labute approximate surface area is 912 Å². The van der Waals surface area contributed by atoms with Crippen LogP contribution in [0.4, 0.5) is 0 Å². The Morgan fingerprint density at radius 3 is 0.0662 bits per heavy atom. The maximum Gasteiger partial charge on any atom is 4.00 e. The quantitative estimate of drug-likeness (QED) is 0.203. The van der Waals surface area contributed by atoms with Gasteiger partial charge >= 0.3 is 191 Å². The predicted molar refractivity (Wildman–Crippen MR) is 388 cm³/mol. The van der Waals surface area contributed by atoms with E-state index in [4.69, 9.17) is 317 Å². The average Bonchev–Trinajstić information content (AvgIpc) is 3.33. The summed E-state index contributed by atoms with van der Waals surface area (Å²) in [6, 6.07) is 0. The molecular formula is C64H96O64Sn8. The summed E-state index contributed by atoms with van der Waals surface area (Å²) in [6.45, 7) is 31.1. The van der Waals surface area contributed by atoms with Gasteiger partial charge in [0.2, 0.25) is 0 Å². The molecule has 0 atom stereocenters. The Morgan fingerprint density at radius 2 is 0.0662 bits per heavy atom. The van der Waals surface area contributed by atoms with Crippen molar-refractivity contribution in [3.8, 4) is 0 Å². The third-order valence-electron chi connectivity index (χ3n) is 0. The van der Waals surface area contributed by atoms with Gasteiger partial charge < -0.3 is 317 Å². The molecule has 0 aromatic heterocycles. The van der Waals surface area contributed by atoms with Crippen LogP contribution in [0.15, 0.2) is 0 Å². The van der Waals surface area contributed by atoms with Gasteiger partial charge in [-0.1, -0.05) is 0 Å². The maximum absolute atomic E-state index is 8.89. The zero-order chi connectivity index (χ0) is 114. The van der Waals surface area contributed by atoms with Crippen LogP contribution in [-0.2, 0) is 153 Å². The number of carbonyl (C=O) groups is 32. The smallest absolute Gasteiger partial charge is 0.550 e. The third kappa shape index (κ3) is 16600. The molecule has 0 spiro atoms. The van der Waals surface area contributed by atoms with Gasteiger partial charge in [0.1, 0.15) is 0 Å². The summed E-state index contributed by atoms with van der Waals surface area (Å²) in [5.41, 5.74) is 0. The molecule has 0 aliphatic carbocycles. The van der Waals surface area contributed by atoms with E-state index in [1.165, 1.54) is 0 Å². The maximum atomic E-state index is 8.89. The third-order valence-corrected chi connectivity index (χ3v) is 0. The van der Waals surface area contributed by atoms with Crippen LogP contribution in [0, 0.1) is 0 Å². The molecule has 0 aliphatic heterocycles. The van der Waals surface area contributed by atoms with Crippen LogP contribution in [0.1, 0.15) is 222 Å². The molecule has 72 heteroatoms. The van der Waals surface area contributed by atoms with E-state index in [1.54, 1.807) is 0 Å². The number of carboxylic acids is 32. The molecule has 0 saturated heterocycles. The summed E-state index contributed by atoms with van der Waals surface area (Å²) in [7, 11) is 0. The van der Waals surface area contributed by atoms with Gasteiger partial charge in [0.25, 0.3) is 0 Å². The Balaban J connectivity index is -0.0000000184. The van der Waals surface area contributed by atoms with Gasteiger partial charge in [-0.15, -0.1) is 0 Å². The second-order valence-electron chi connectivity index (χ2n) is 15.7. The topological polar surface area (TPSA) is 1280 Å². The van der Waals surface area contributed by atoms with Gasteiger partial charge in [-0.25, -0.2) is 0 Å². The van der Waals surface area contributed by atoms with Crippen molar-refractivity contribution in [3.63, 3.8) is 0 Å². The SMILES string of the molecule is CC(=O)[O-].CC(=O)[O-].CC(=O)[O-].CC(=O)[O-].CC(=O)[O-].CC(=O)[O-].CC(=O)[O-].CC(=O)[O-].CC(=O)[O-].CC(=O)[O-].CC(=O)[O-].CC(=O)[O-].CC(=O)[O-].CC(=O)[O-].CC(=O)[O-].CC(=O)[O-].CC(=O)[O-].CC(=O)[O-].CC(=O)[O-].CC(=O)[O-].CC(=O)[O-].CC(=O)[O-].CC(=O)[O-].CC(=O)[O-].CC(=O)[O-].CC(=O)[O-].CC(=O)[O-].CC(=O)[O-].CC(=O)[O-].CC(=O)[O-].CC(=O)[O-].CC(=O)[O-].[Sn+4].[Sn+4].[Sn+4].[Sn+4].[Sn+4].[Sn+4].[Sn+4].[Sn+4]. The van der Waals surface area contributed by atoms with Gasteiger partial charge in [-0.3, -0.25) is 0 Å². The zero-order valence-electron chi connectivity index (χ0n) is 78.1. The minimum Gasteiger partial charge on any atom is -0.550 e. The minimum atomic E-state index is -1.08. The van der Waals surface area contributed by atoms with E-state index in [-0.39, 0.29) is 191 Å². The normalized spacial score (nSPS) is 5.88. The molecule has 0 N–H and O–H groups in total. The molecule has 0 rings (SSSR count). The molecule has 0 fully saturated rings. The molecule has 0 bridgehead atoms. The van der Waals surface area contributed by atoms with E-state index in [1.807, 2.05) is 0 Å². The van der Waals surface area contributed by atoms with E-state index in [2.05, 4.69) is 0 Å². The van der Waals surface area contributed by atoms with Crippen molar-refractivity contribution in [1.29, 1.82) is 0 Å². The standard InChI is InChI=1S/32C2H4O2.8Sn/c32*1-2(3)4;;;;;;;;/h32*1H3,(H,3,4);;;;;;;;/q;;;;;;;;;;;;;;;;;;;;;;;;;;;;;;;;8*+4/p-32. The Hall–Kier alpha value is -10.6. The molecule has 0 heterocycles. The summed E-state index contributed by atoms with van der Waals surface area (Å²) >= 11 is 0. The van der Waals surface area contributed by atoms with Crippen molar-refractivity contribution >= 4 is 382 Å². The van der Waals surface area contributed by atoms with Crippen molar-refractivity contribution in [2.75, 3.05) is 0 Å². The second kappa shape index (κ2) is 260. The summed E-state index contributed by atoms with van der Waals surface area (Å²) in [5, 5.41) is 284. The van der Waals surface area contributed by atoms with Gasteiger partial charge in [-0.05, 0) is 222 Å². The molecule has 0 aromatic carbocycles. The van der Waals surface area contributed by atoms with Gasteiger partial charge in [0.15, 0.2) is 0 Å². The van der Waals surface area contributed by atoms with Crippen LogP contribution in [-0.4, -0.2) is 382 Å². The van der Waals surface area contributed by atoms with Crippen molar-refractivity contribution in [2.24, 2.45) is 0 Å². The zero-order valence-corrected chi connectivity index (χ0v) is 101. The van der Waals surface area contributed by atoms with Crippen LogP contribution < -0.4 is 163 Å². The number of rotatable bonds is 0. The van der Waals surface area contributed by atoms with Crippen LogP contribution in [0.3, 0.4) is 0 Å². The Bertz CT molecular complexity index is 1870. The fourth-order valence-electron chi connectivity index (χ4n) is 0. The monoisotopic (exact) mass is 2850 g/mol. The fraction of sp³-hybridized carbons (Fsp3) is 0.500. The molecule has 0 radical (unpaired) electrons. The van der Waals surface area contributed by atoms with Crippen LogP contribution in [0.2, 0.25) is 0 Å². The number of carboxylic acid groups (broad SMARTS) is 32. The van der Waals surface area contributed by atoms with Gasteiger partial charge in [0, 0.05) is 191 Å². The molecule has 0 amide bonds. The van der Waals surface area contributed by atoms with E-state index in [0.29, 0.717) is 0 Å². The Morgan fingerprint density at radius 1 is 0.0662 bits per heavy atom. The first-order valence-corrected chi connectivity index (χ1v) is 29.1. The molecule has 0 aromatic rings. The second-order valence-corrected chi connectivity index (χ2v) is 15.7. The molecular weight excluding hydrogens is 2740 g/mol. The van der Waals surface area contributed by atoms with Crippen molar-refractivity contribution in [1.82, 2.24) is 0 Å². The average molecular weight is 2840 g/mol. The van der Waals surface area contributed by atoms with Gasteiger partial charge in [0.05, 0.1) is 0 Å². The van der Waals surface area contributed by atoms with Gasteiger partial charge in [-0.2, -0.15) is 0 Å². The van der Waals surface area contributed by atoms with Crippen LogP contribution in [0.25, 0.3) is 0 Å². The summed E-state index contributed by atoms with van der Waals surface area (Å²) in [4.78, 5) is 284. The van der Waals surface area contributed by atoms with Crippen LogP contribution in [0.5, 0.6) is 0 Å². The van der Waals surface area contributed by atoms with E-state index in [0.717, 1.165) is 222 Å². The molecule has 0 saturated carbocycles. The summed E-state index contributed by atoms with van der Waals surface area (Å²) in [6.07, 6.45) is 0. The predicted octanol–water partition coefficient (Wildman–Crippen LogP) is -42.8. The van der Waals surface area contributed by atoms with E-state index >= 15 is 0 Å². The van der Waals surface area contributed by atoms with Crippen molar-refractivity contribution in [2.45, 2.75) is 222 Å². The Kier molecular flexibility index (Phi) is 508. The first-order chi connectivity index (χ1) is 55.4. The molecule has 768 valence electrons. The fourth-order valence-corrected chi connectivity index (χ4v) is 0. The molecule has 136 heavy (non-hydrogen) atoms. The molecule has 0 aliphatic rings. The number of carbonyl (C=O) groups excluding carboxylic acids is 32. The number of hydrogen-bond donors (Lipinski definition) is 0. The molecule has 64 nitrogen and oxygen atoms in total. The summed E-state index contributed by atoms with van der Waals surface area (Å²) < 4.78 is 0. The van der Waals surface area contributed by atoms with E-state index < -0.39 is 191 Å². The largest absolute Gasteiger partial charge is 4.00 e. The minimum absolute atomic E-state index is 0. The summed E-state index contributed by atoms with van der Waals surface area (Å²) in [5.74, 6) is -34.7. The van der Waals surface area contributed by atoms with Crippen molar-refractivity contribution < 1.29 is 317 Å². The van der Waals surface area contributed by atoms with Crippen LogP contribution >= 0.6 is 0 Å². The number of aliphatic carboxylic acids is 32. The molecule has 0 unspecified atom stereocenters.